The van der Waals surface area contributed by atoms with Gasteiger partial charge >= 0.3 is 6.03 Å². The second kappa shape index (κ2) is 14.4. The van der Waals surface area contributed by atoms with E-state index in [9.17, 15) is 4.79 Å². The van der Waals surface area contributed by atoms with Crippen LogP contribution in [0.25, 0.3) is 0 Å². The Kier molecular flexibility index (Phi) is 11.4. The lowest BCUT2D eigenvalue weighted by molar-refractivity contribution is 0.259. The van der Waals surface area contributed by atoms with E-state index < -0.39 is 6.03 Å². The molecule has 0 spiro atoms. The fourth-order valence-corrected chi connectivity index (χ4v) is 3.11. The summed E-state index contributed by atoms with van der Waals surface area (Å²) in [5, 5.41) is 9.68. The van der Waals surface area contributed by atoms with E-state index in [1.807, 2.05) is 48.5 Å². The topological polar surface area (TPSA) is 74.8 Å². The fourth-order valence-electron chi connectivity index (χ4n) is 2.85. The summed E-state index contributed by atoms with van der Waals surface area (Å²) in [5.41, 5.74) is 1.58. The molecule has 0 aliphatic rings. The Morgan fingerprint density at radius 1 is 0.867 bits per heavy atom. The van der Waals surface area contributed by atoms with Gasteiger partial charge in [-0.05, 0) is 49.3 Å². The van der Waals surface area contributed by atoms with Crippen molar-refractivity contribution in [3.8, 4) is 5.75 Å². The number of carbonyl (C=O) groups excluding carboxylic acids is 1. The van der Waals surface area contributed by atoms with Crippen molar-refractivity contribution in [1.82, 2.24) is 5.32 Å². The molecule has 0 fully saturated rings. The van der Waals surface area contributed by atoms with Crippen LogP contribution in [0.15, 0.2) is 59.0 Å². The standard InChI is InChI=1S/C22H28N4O2S2/c27-21(26-30)25-19-14-8-9-15-20(19)28-17-11-4-2-1-3-10-16-23-22(29)24-18-12-6-5-7-13-18/h5-9,12-15H,1-4,10-11,16-17H2,(H,25,27)(H2,23,24,29). The number of urea groups is 1. The molecule has 30 heavy (non-hydrogen) atoms. The molecule has 0 bridgehead atoms. The van der Waals surface area contributed by atoms with E-state index in [-0.39, 0.29) is 0 Å². The van der Waals surface area contributed by atoms with E-state index in [1.165, 1.54) is 19.3 Å². The van der Waals surface area contributed by atoms with Crippen LogP contribution < -0.4 is 20.7 Å². The Morgan fingerprint density at radius 2 is 1.53 bits per heavy atom. The molecule has 0 aliphatic heterocycles. The van der Waals surface area contributed by atoms with Crippen molar-refractivity contribution in [2.24, 2.45) is 4.36 Å². The minimum atomic E-state index is -0.563. The molecule has 2 amide bonds. The van der Waals surface area contributed by atoms with Crippen LogP contribution in [-0.2, 0) is 12.4 Å². The van der Waals surface area contributed by atoms with Crippen molar-refractivity contribution in [3.63, 3.8) is 0 Å². The normalized spacial score (nSPS) is 10.1. The molecule has 0 saturated carbocycles. The number of ether oxygens (including phenoxy) is 1. The summed E-state index contributed by atoms with van der Waals surface area (Å²) in [6.45, 7) is 1.49. The van der Waals surface area contributed by atoms with Crippen LogP contribution in [0.4, 0.5) is 16.2 Å². The molecule has 0 atom stereocenters. The van der Waals surface area contributed by atoms with Crippen molar-refractivity contribution in [3.05, 3.63) is 54.6 Å². The van der Waals surface area contributed by atoms with Gasteiger partial charge in [0.15, 0.2) is 5.11 Å². The second-order valence-corrected chi connectivity index (χ2v) is 7.33. The lowest BCUT2D eigenvalue weighted by Crippen LogP contribution is -2.29. The molecule has 0 radical (unpaired) electrons. The molecular weight excluding hydrogens is 416 g/mol. The first-order valence-corrected chi connectivity index (χ1v) is 10.9. The fraction of sp³-hybridized carbons (Fsp3) is 0.364. The molecule has 2 aromatic carbocycles. The number of carbonyl (C=O) groups is 1. The number of para-hydroxylation sites is 3. The van der Waals surface area contributed by atoms with Gasteiger partial charge in [-0.1, -0.05) is 56.0 Å². The van der Waals surface area contributed by atoms with Gasteiger partial charge in [0.1, 0.15) is 5.75 Å². The summed E-state index contributed by atoms with van der Waals surface area (Å²) < 4.78 is 8.95. The third-order valence-electron chi connectivity index (χ3n) is 4.36. The number of thiocarbonyl (C=S) groups is 1. The Labute approximate surface area is 189 Å². The number of benzene rings is 2. The molecule has 0 heterocycles. The summed E-state index contributed by atoms with van der Waals surface area (Å²) in [6.07, 6.45) is 6.70. The third-order valence-corrected chi connectivity index (χ3v) is 4.77. The number of unbranched alkanes of at least 4 members (excludes halogenated alkanes) is 5. The van der Waals surface area contributed by atoms with Gasteiger partial charge in [-0.25, -0.2) is 4.79 Å². The largest absolute Gasteiger partial charge is 0.491 e. The zero-order valence-electron chi connectivity index (χ0n) is 16.9. The van der Waals surface area contributed by atoms with Crippen LogP contribution in [0.5, 0.6) is 5.75 Å². The summed E-state index contributed by atoms with van der Waals surface area (Å²) in [4.78, 5) is 11.3. The number of hydrogen-bond acceptors (Lipinski definition) is 4. The molecule has 160 valence electrons. The number of nitrogens with zero attached hydrogens (tertiary/aromatic N) is 1. The van der Waals surface area contributed by atoms with E-state index in [2.05, 4.69) is 32.7 Å². The molecule has 2 aromatic rings. The van der Waals surface area contributed by atoms with Gasteiger partial charge in [0.25, 0.3) is 0 Å². The van der Waals surface area contributed by atoms with Crippen LogP contribution in [0.3, 0.4) is 0 Å². The SMILES string of the molecule is O=C(N=S)Nc1ccccc1OCCCCCCCCNC(=S)Nc1ccccc1. The number of amides is 2. The summed E-state index contributed by atoms with van der Waals surface area (Å²) in [5.74, 6) is 0.635. The highest BCUT2D eigenvalue weighted by molar-refractivity contribution is 7.80. The van der Waals surface area contributed by atoms with Gasteiger partial charge in [-0.2, -0.15) is 0 Å². The highest BCUT2D eigenvalue weighted by Gasteiger charge is 2.06. The summed E-state index contributed by atoms with van der Waals surface area (Å²) in [6, 6.07) is 16.6. The van der Waals surface area contributed by atoms with Gasteiger partial charge in [-0.15, -0.1) is 4.36 Å². The average Bonchev–Trinajstić information content (AvgIpc) is 2.76. The van der Waals surface area contributed by atoms with Gasteiger partial charge in [0.2, 0.25) is 0 Å². The van der Waals surface area contributed by atoms with E-state index >= 15 is 0 Å². The van der Waals surface area contributed by atoms with Crippen molar-refractivity contribution in [2.75, 3.05) is 23.8 Å². The van der Waals surface area contributed by atoms with Crippen LogP contribution >= 0.6 is 12.2 Å². The Hall–Kier alpha value is -2.58. The average molecular weight is 445 g/mol. The van der Waals surface area contributed by atoms with Gasteiger partial charge in [-0.3, -0.25) is 0 Å². The first-order valence-electron chi connectivity index (χ1n) is 10.1. The minimum absolute atomic E-state index is 0.563. The van der Waals surface area contributed by atoms with Crippen molar-refractivity contribution >= 4 is 47.2 Å². The van der Waals surface area contributed by atoms with E-state index in [1.54, 1.807) is 6.07 Å². The molecule has 0 aromatic heterocycles. The van der Waals surface area contributed by atoms with Gasteiger partial charge < -0.3 is 20.7 Å². The summed E-state index contributed by atoms with van der Waals surface area (Å²) >= 11 is 9.68. The predicted octanol–water partition coefficient (Wildman–Crippen LogP) is 5.66. The van der Waals surface area contributed by atoms with Crippen LogP contribution in [-0.4, -0.2) is 24.3 Å². The second-order valence-electron chi connectivity index (χ2n) is 6.73. The highest BCUT2D eigenvalue weighted by atomic mass is 32.1. The van der Waals surface area contributed by atoms with E-state index in [0.717, 1.165) is 31.5 Å². The number of rotatable bonds is 12. The van der Waals surface area contributed by atoms with Crippen LogP contribution in [0.1, 0.15) is 38.5 Å². The first kappa shape index (κ1) is 23.7. The van der Waals surface area contributed by atoms with E-state index in [0.29, 0.717) is 23.2 Å². The zero-order valence-corrected chi connectivity index (χ0v) is 18.6. The number of hydrogen-bond donors (Lipinski definition) is 3. The molecular formula is C22H28N4O2S2. The van der Waals surface area contributed by atoms with Crippen molar-refractivity contribution in [2.45, 2.75) is 38.5 Å². The van der Waals surface area contributed by atoms with Gasteiger partial charge in [0.05, 0.1) is 12.3 Å². The quantitative estimate of drug-likeness (QED) is 0.290. The smallest absolute Gasteiger partial charge is 0.356 e. The molecule has 8 heteroatoms. The first-order chi connectivity index (χ1) is 14.7. The van der Waals surface area contributed by atoms with Crippen LogP contribution in [0.2, 0.25) is 0 Å². The monoisotopic (exact) mass is 444 g/mol. The molecule has 0 saturated heterocycles. The van der Waals surface area contributed by atoms with E-state index in [4.69, 9.17) is 17.0 Å². The minimum Gasteiger partial charge on any atom is -0.491 e. The molecule has 6 nitrogen and oxygen atoms in total. The Balaban J connectivity index is 1.47. The highest BCUT2D eigenvalue weighted by Crippen LogP contribution is 2.24. The van der Waals surface area contributed by atoms with Crippen molar-refractivity contribution in [1.29, 1.82) is 0 Å². The third kappa shape index (κ3) is 9.76. The Morgan fingerprint density at radius 3 is 2.30 bits per heavy atom. The zero-order chi connectivity index (χ0) is 21.4. The maximum absolute atomic E-state index is 11.3. The van der Waals surface area contributed by atoms with Crippen molar-refractivity contribution < 1.29 is 9.53 Å². The lowest BCUT2D eigenvalue weighted by Gasteiger charge is -2.11. The Bertz CT molecular complexity index is 803. The number of anilines is 2. The molecule has 0 unspecified atom stereocenters. The maximum atomic E-state index is 11.3. The molecule has 3 N–H and O–H groups in total. The van der Waals surface area contributed by atoms with Crippen LogP contribution in [0, 0.1) is 0 Å². The summed E-state index contributed by atoms with van der Waals surface area (Å²) in [7, 11) is 0. The lowest BCUT2D eigenvalue weighted by atomic mass is 10.1. The molecule has 2 rings (SSSR count). The number of nitrogens with one attached hydrogen (secondary N) is 3. The maximum Gasteiger partial charge on any atom is 0.356 e. The van der Waals surface area contributed by atoms with Gasteiger partial charge in [0, 0.05) is 24.7 Å². The predicted molar refractivity (Wildman–Crippen MR) is 129 cm³/mol. The molecule has 0 aliphatic carbocycles.